The van der Waals surface area contributed by atoms with Gasteiger partial charge in [-0.3, -0.25) is 0 Å². The Morgan fingerprint density at radius 2 is 2.40 bits per heavy atom. The lowest BCUT2D eigenvalue weighted by atomic mass is 10.1. The molecule has 1 atom stereocenters. The zero-order valence-corrected chi connectivity index (χ0v) is 8.99. The van der Waals surface area contributed by atoms with Gasteiger partial charge in [-0.2, -0.15) is 0 Å². The number of phenols is 1. The van der Waals surface area contributed by atoms with Crippen molar-refractivity contribution in [2.75, 3.05) is 7.05 Å². The van der Waals surface area contributed by atoms with E-state index in [4.69, 9.17) is 1.41 Å². The van der Waals surface area contributed by atoms with E-state index in [1.165, 1.54) is 5.31 Å². The summed E-state index contributed by atoms with van der Waals surface area (Å²) >= 11 is 0. The van der Waals surface area contributed by atoms with Crippen LogP contribution in [-0.2, 0) is 6.42 Å². The molecule has 3 heteroatoms. The van der Waals surface area contributed by atoms with Crippen LogP contribution in [0, 0.1) is 0 Å². The number of aromatic amines is 1. The number of likely N-dealkylation sites (N-methyl/N-ethyl adjacent to an activating group) is 1. The van der Waals surface area contributed by atoms with E-state index in [-0.39, 0.29) is 6.04 Å². The molecule has 1 aromatic carbocycles. The molecule has 0 spiro atoms. The van der Waals surface area contributed by atoms with Gasteiger partial charge < -0.3 is 15.4 Å². The summed E-state index contributed by atoms with van der Waals surface area (Å²) in [6.45, 7) is 1.99. The summed E-state index contributed by atoms with van der Waals surface area (Å²) in [5, 5.41) is 12.1. The van der Waals surface area contributed by atoms with Crippen LogP contribution < -0.4 is 5.31 Å². The Morgan fingerprint density at radius 3 is 3.13 bits per heavy atom. The zero-order valence-electron chi connectivity index (χ0n) is 9.99. The standard InChI is InChI=1S/C12H16N2O/c1-8(13-2)6-9-7-14-10-4-3-5-11(15)12(9)10/h3-5,7-8,13-15H,6H2,1-2H3/i/hD. The third kappa shape index (κ3) is 1.83. The molecule has 0 saturated carbocycles. The van der Waals surface area contributed by atoms with E-state index in [9.17, 15) is 5.11 Å². The van der Waals surface area contributed by atoms with Gasteiger partial charge in [-0.15, -0.1) is 0 Å². The fourth-order valence-electron chi connectivity index (χ4n) is 1.81. The van der Waals surface area contributed by atoms with E-state index in [0.717, 1.165) is 22.9 Å². The minimum absolute atomic E-state index is 0.124. The SMILES string of the molecule is [2H]N(C)C(C)Cc1c[nH]c2cccc(O)c12. The summed E-state index contributed by atoms with van der Waals surface area (Å²) in [6.07, 6.45) is 2.65. The molecule has 15 heavy (non-hydrogen) atoms. The van der Waals surface area contributed by atoms with Crippen molar-refractivity contribution in [1.82, 2.24) is 10.3 Å². The highest BCUT2D eigenvalue weighted by molar-refractivity contribution is 5.89. The molecule has 0 bridgehead atoms. The number of phenolic OH excluding ortho intramolecular Hbond substituents is 1. The molecule has 0 amide bonds. The molecule has 0 fully saturated rings. The Kier molecular flexibility index (Phi) is 2.31. The first-order valence-electron chi connectivity index (χ1n) is 5.54. The van der Waals surface area contributed by atoms with Crippen molar-refractivity contribution >= 4 is 10.9 Å². The van der Waals surface area contributed by atoms with Crippen molar-refractivity contribution in [3.05, 3.63) is 30.0 Å². The maximum atomic E-state index is 9.81. The molecule has 0 saturated heterocycles. The first-order chi connectivity index (χ1) is 7.59. The van der Waals surface area contributed by atoms with Crippen LogP contribution >= 0.6 is 0 Å². The normalized spacial score (nSPS) is 14.5. The largest absolute Gasteiger partial charge is 0.507 e. The smallest absolute Gasteiger partial charge is 0.125 e. The number of hydrogen-bond donors (Lipinski definition) is 3. The number of aromatic nitrogens is 1. The molecule has 0 radical (unpaired) electrons. The minimum atomic E-state index is 0.124. The highest BCUT2D eigenvalue weighted by atomic mass is 16.3. The third-order valence-electron chi connectivity index (χ3n) is 2.72. The molecule has 0 aliphatic heterocycles. The Balaban J connectivity index is 2.38. The predicted molar refractivity (Wildman–Crippen MR) is 62.2 cm³/mol. The van der Waals surface area contributed by atoms with Crippen LogP contribution in [-0.4, -0.2) is 23.2 Å². The second-order valence-corrected chi connectivity index (χ2v) is 3.82. The summed E-state index contributed by atoms with van der Waals surface area (Å²) in [4.78, 5) is 3.13. The highest BCUT2D eigenvalue weighted by Crippen LogP contribution is 2.28. The van der Waals surface area contributed by atoms with Crippen LogP contribution in [0.25, 0.3) is 10.9 Å². The second kappa shape index (κ2) is 3.95. The van der Waals surface area contributed by atoms with E-state index in [0.29, 0.717) is 5.75 Å². The van der Waals surface area contributed by atoms with Gasteiger partial charge in [0.05, 0.1) is 0 Å². The number of aromatic hydroxyl groups is 1. The number of nitrogens with one attached hydrogen (secondary N) is 2. The van der Waals surface area contributed by atoms with Gasteiger partial charge in [0, 0.05) is 23.1 Å². The van der Waals surface area contributed by atoms with Crippen LogP contribution in [0.1, 0.15) is 12.5 Å². The first kappa shape index (κ1) is 8.80. The number of hydrogen-bond acceptors (Lipinski definition) is 2. The number of H-pyrrole nitrogens is 1. The summed E-state index contributed by atoms with van der Waals surface area (Å²) in [6, 6.07) is 5.57. The lowest BCUT2D eigenvalue weighted by Crippen LogP contribution is -2.23. The number of benzene rings is 1. The van der Waals surface area contributed by atoms with Crippen LogP contribution in [0.4, 0.5) is 0 Å². The predicted octanol–water partition coefficient (Wildman–Crippen LogP) is 2.02. The molecule has 1 heterocycles. The van der Waals surface area contributed by atoms with E-state index in [2.05, 4.69) is 4.98 Å². The van der Waals surface area contributed by atoms with Gasteiger partial charge >= 0.3 is 0 Å². The lowest BCUT2D eigenvalue weighted by Gasteiger charge is -2.08. The molecule has 1 unspecified atom stereocenters. The fraction of sp³-hybridized carbons (Fsp3) is 0.333. The second-order valence-electron chi connectivity index (χ2n) is 3.82. The van der Waals surface area contributed by atoms with E-state index < -0.39 is 0 Å². The van der Waals surface area contributed by atoms with Crippen molar-refractivity contribution in [3.8, 4) is 5.75 Å². The number of fused-ring (bicyclic) bond motifs is 1. The molecule has 3 N–H and O–H groups in total. The Morgan fingerprint density at radius 1 is 1.60 bits per heavy atom. The van der Waals surface area contributed by atoms with Crippen molar-refractivity contribution in [3.63, 3.8) is 0 Å². The molecule has 1 aromatic heterocycles. The van der Waals surface area contributed by atoms with Crippen molar-refractivity contribution in [1.29, 1.82) is 0 Å². The minimum Gasteiger partial charge on any atom is -0.507 e. The van der Waals surface area contributed by atoms with Crippen LogP contribution in [0.2, 0.25) is 1.41 Å². The van der Waals surface area contributed by atoms with Gasteiger partial charge in [0.2, 0.25) is 0 Å². The summed E-state index contributed by atoms with van der Waals surface area (Å²) in [5.74, 6) is 0.300. The molecule has 80 valence electrons. The Bertz CT molecular complexity index is 493. The fourth-order valence-corrected chi connectivity index (χ4v) is 1.81. The summed E-state index contributed by atoms with van der Waals surface area (Å²) < 4.78 is 7.51. The zero-order chi connectivity index (χ0) is 11.7. The van der Waals surface area contributed by atoms with Gasteiger partial charge in [0.15, 0.2) is 0 Å². The monoisotopic (exact) mass is 205 g/mol. The van der Waals surface area contributed by atoms with Crippen LogP contribution in [0.3, 0.4) is 0 Å². The topological polar surface area (TPSA) is 48.0 Å². The quantitative estimate of drug-likeness (QED) is 0.718. The van der Waals surface area contributed by atoms with Crippen molar-refractivity contribution in [2.24, 2.45) is 0 Å². The Labute approximate surface area is 90.6 Å². The van der Waals surface area contributed by atoms with Gasteiger partial charge in [0.25, 0.3) is 0 Å². The van der Waals surface area contributed by atoms with E-state index >= 15 is 0 Å². The van der Waals surface area contributed by atoms with Gasteiger partial charge in [0.1, 0.15) is 7.16 Å². The average Bonchev–Trinajstić information content (AvgIpc) is 2.63. The molecular formula is C12H16N2O. The molecule has 0 aliphatic carbocycles. The van der Waals surface area contributed by atoms with Gasteiger partial charge in [-0.1, -0.05) is 6.07 Å². The van der Waals surface area contributed by atoms with Crippen LogP contribution in [0.15, 0.2) is 24.4 Å². The van der Waals surface area contributed by atoms with Gasteiger partial charge in [-0.05, 0) is 38.1 Å². The third-order valence-corrected chi connectivity index (χ3v) is 2.72. The maximum Gasteiger partial charge on any atom is 0.125 e. The molecule has 2 rings (SSSR count). The Hall–Kier alpha value is -1.48. The summed E-state index contributed by atoms with van der Waals surface area (Å²) in [5.41, 5.74) is 1.99. The molecule has 3 nitrogen and oxygen atoms in total. The molecule has 2 aromatic rings. The molecular weight excluding hydrogens is 188 g/mol. The average molecular weight is 205 g/mol. The van der Waals surface area contributed by atoms with Gasteiger partial charge in [-0.25, -0.2) is 0 Å². The molecule has 0 aliphatic rings. The van der Waals surface area contributed by atoms with Crippen LogP contribution in [0.5, 0.6) is 5.75 Å². The van der Waals surface area contributed by atoms with Crippen molar-refractivity contribution < 1.29 is 6.52 Å². The first-order valence-corrected chi connectivity index (χ1v) is 5.09. The van der Waals surface area contributed by atoms with E-state index in [1.807, 2.05) is 25.3 Å². The van der Waals surface area contributed by atoms with Crippen molar-refractivity contribution in [2.45, 2.75) is 19.4 Å². The summed E-state index contributed by atoms with van der Waals surface area (Å²) in [7, 11) is 1.74. The maximum absolute atomic E-state index is 9.81. The highest BCUT2D eigenvalue weighted by Gasteiger charge is 2.09. The van der Waals surface area contributed by atoms with E-state index in [1.54, 1.807) is 13.1 Å². The number of rotatable bonds is 3. The lowest BCUT2D eigenvalue weighted by molar-refractivity contribution is 0.481.